The fourth-order valence-electron chi connectivity index (χ4n) is 1.40. The Hall–Kier alpha value is -0.870. The van der Waals surface area contributed by atoms with Crippen molar-refractivity contribution in [1.82, 2.24) is 10.2 Å². The van der Waals surface area contributed by atoms with Crippen LogP contribution in [0.25, 0.3) is 0 Å². The lowest BCUT2D eigenvalue weighted by Crippen LogP contribution is -2.36. The van der Waals surface area contributed by atoms with Crippen molar-refractivity contribution in [2.75, 3.05) is 26.2 Å². The summed E-state index contributed by atoms with van der Waals surface area (Å²) in [6, 6.07) is 0. The van der Waals surface area contributed by atoms with Gasteiger partial charge in [-0.15, -0.1) is 6.58 Å². The number of hydrogen-bond donors (Lipinski definition) is 2. The van der Waals surface area contributed by atoms with Gasteiger partial charge in [-0.05, 0) is 6.42 Å². The molecule has 2 N–H and O–H groups in total. The maximum Gasteiger partial charge on any atom is 0.234 e. The van der Waals surface area contributed by atoms with Crippen LogP contribution in [0.15, 0.2) is 12.7 Å². The molecule has 0 aromatic carbocycles. The van der Waals surface area contributed by atoms with Gasteiger partial charge in [0.25, 0.3) is 0 Å². The van der Waals surface area contributed by atoms with Crippen molar-refractivity contribution in [2.24, 2.45) is 0 Å². The molecule has 1 heterocycles. The molecule has 0 spiro atoms. The van der Waals surface area contributed by atoms with Crippen LogP contribution in [0.5, 0.6) is 0 Å². The minimum Gasteiger partial charge on any atom is -0.392 e. The number of hydrogen-bond acceptors (Lipinski definition) is 3. The van der Waals surface area contributed by atoms with E-state index in [1.54, 1.807) is 6.08 Å². The number of nitrogens with zero attached hydrogens (tertiary/aromatic N) is 1. The fourth-order valence-corrected chi connectivity index (χ4v) is 1.40. The summed E-state index contributed by atoms with van der Waals surface area (Å²) in [5.74, 6) is -0.00556. The first kappa shape index (κ1) is 10.2. The van der Waals surface area contributed by atoms with Crippen molar-refractivity contribution in [3.63, 3.8) is 0 Å². The SMILES string of the molecule is C=CCNC(=O)CN1CC[C@H](O)C1. The molecule has 4 heteroatoms. The fraction of sp³-hybridized carbons (Fsp3) is 0.667. The number of aliphatic hydroxyl groups is 1. The topological polar surface area (TPSA) is 52.6 Å². The van der Waals surface area contributed by atoms with Gasteiger partial charge in [-0.3, -0.25) is 9.69 Å². The van der Waals surface area contributed by atoms with Crippen LogP contribution in [0.2, 0.25) is 0 Å². The van der Waals surface area contributed by atoms with E-state index in [2.05, 4.69) is 11.9 Å². The molecule has 13 heavy (non-hydrogen) atoms. The highest BCUT2D eigenvalue weighted by Crippen LogP contribution is 2.07. The van der Waals surface area contributed by atoms with E-state index in [4.69, 9.17) is 0 Å². The number of aliphatic hydroxyl groups excluding tert-OH is 1. The van der Waals surface area contributed by atoms with Crippen LogP contribution in [0.1, 0.15) is 6.42 Å². The first-order valence-corrected chi connectivity index (χ1v) is 4.50. The number of carbonyl (C=O) groups excluding carboxylic acids is 1. The molecule has 0 unspecified atom stereocenters. The third-order valence-electron chi connectivity index (χ3n) is 2.06. The third-order valence-corrected chi connectivity index (χ3v) is 2.06. The van der Waals surface area contributed by atoms with E-state index in [1.807, 2.05) is 4.90 Å². The summed E-state index contributed by atoms with van der Waals surface area (Å²) < 4.78 is 0. The van der Waals surface area contributed by atoms with Gasteiger partial charge >= 0.3 is 0 Å². The standard InChI is InChI=1S/C9H16N2O2/c1-2-4-10-9(13)7-11-5-3-8(12)6-11/h2,8,12H,1,3-7H2,(H,10,13)/t8-/m0/s1. The molecular weight excluding hydrogens is 168 g/mol. The molecule has 4 nitrogen and oxygen atoms in total. The van der Waals surface area contributed by atoms with Gasteiger partial charge in [0.1, 0.15) is 0 Å². The number of β-amino-alcohol motifs (C(OH)–C–C–N with tert-alkyl or cyclic N) is 1. The van der Waals surface area contributed by atoms with Gasteiger partial charge < -0.3 is 10.4 Å². The number of amides is 1. The minimum absolute atomic E-state index is 0.00556. The lowest BCUT2D eigenvalue weighted by molar-refractivity contribution is -0.121. The lowest BCUT2D eigenvalue weighted by atomic mass is 10.3. The number of rotatable bonds is 4. The van der Waals surface area contributed by atoms with Crippen molar-refractivity contribution in [3.8, 4) is 0 Å². The first-order valence-electron chi connectivity index (χ1n) is 4.50. The van der Waals surface area contributed by atoms with Crippen molar-refractivity contribution in [1.29, 1.82) is 0 Å². The zero-order chi connectivity index (χ0) is 9.68. The van der Waals surface area contributed by atoms with Gasteiger partial charge in [-0.25, -0.2) is 0 Å². The van der Waals surface area contributed by atoms with E-state index in [0.29, 0.717) is 19.6 Å². The molecule has 0 aromatic heterocycles. The second kappa shape index (κ2) is 4.99. The van der Waals surface area contributed by atoms with E-state index in [9.17, 15) is 9.90 Å². The molecule has 0 bridgehead atoms. The minimum atomic E-state index is -0.257. The number of likely N-dealkylation sites (tertiary alicyclic amines) is 1. The number of nitrogens with one attached hydrogen (secondary N) is 1. The van der Waals surface area contributed by atoms with Crippen LogP contribution in [0.4, 0.5) is 0 Å². The Balaban J connectivity index is 2.16. The van der Waals surface area contributed by atoms with E-state index >= 15 is 0 Å². The van der Waals surface area contributed by atoms with Crippen LogP contribution in [-0.4, -0.2) is 48.2 Å². The summed E-state index contributed by atoms with van der Waals surface area (Å²) in [6.07, 6.45) is 2.16. The van der Waals surface area contributed by atoms with Crippen LogP contribution >= 0.6 is 0 Å². The summed E-state index contributed by atoms with van der Waals surface area (Å²) in [5, 5.41) is 11.9. The molecule has 0 saturated carbocycles. The summed E-state index contributed by atoms with van der Waals surface area (Å²) in [6.45, 7) is 5.82. The Kier molecular flexibility index (Phi) is 3.92. The van der Waals surface area contributed by atoms with E-state index in [1.165, 1.54) is 0 Å². The predicted molar refractivity (Wildman–Crippen MR) is 50.3 cm³/mol. The molecule has 74 valence electrons. The van der Waals surface area contributed by atoms with Crippen LogP contribution < -0.4 is 5.32 Å². The molecule has 1 atom stereocenters. The summed E-state index contributed by atoms with van der Waals surface area (Å²) in [7, 11) is 0. The average molecular weight is 184 g/mol. The molecule has 1 rings (SSSR count). The molecule has 0 radical (unpaired) electrons. The quantitative estimate of drug-likeness (QED) is 0.571. The van der Waals surface area contributed by atoms with Gasteiger partial charge in [-0.2, -0.15) is 0 Å². The number of carbonyl (C=O) groups is 1. The maximum absolute atomic E-state index is 11.2. The lowest BCUT2D eigenvalue weighted by Gasteiger charge is -2.13. The highest BCUT2D eigenvalue weighted by Gasteiger charge is 2.21. The maximum atomic E-state index is 11.2. The Labute approximate surface area is 78.2 Å². The highest BCUT2D eigenvalue weighted by atomic mass is 16.3. The van der Waals surface area contributed by atoms with Crippen molar-refractivity contribution < 1.29 is 9.90 Å². The third kappa shape index (κ3) is 3.57. The smallest absolute Gasteiger partial charge is 0.234 e. The molecule has 0 aliphatic carbocycles. The molecular formula is C9H16N2O2. The van der Waals surface area contributed by atoms with Crippen LogP contribution in [-0.2, 0) is 4.79 Å². The summed E-state index contributed by atoms with van der Waals surface area (Å²) in [4.78, 5) is 13.1. The first-order chi connectivity index (χ1) is 6.22. The average Bonchev–Trinajstić information content (AvgIpc) is 2.48. The Morgan fingerprint density at radius 3 is 3.08 bits per heavy atom. The largest absolute Gasteiger partial charge is 0.392 e. The second-order valence-electron chi connectivity index (χ2n) is 3.27. The van der Waals surface area contributed by atoms with E-state index < -0.39 is 0 Å². The molecule has 1 fully saturated rings. The van der Waals surface area contributed by atoms with Crippen LogP contribution in [0.3, 0.4) is 0 Å². The van der Waals surface area contributed by atoms with E-state index in [0.717, 1.165) is 13.0 Å². The molecule has 1 amide bonds. The summed E-state index contributed by atoms with van der Waals surface area (Å²) in [5.41, 5.74) is 0. The predicted octanol–water partition coefficient (Wildman–Crippen LogP) is -0.645. The highest BCUT2D eigenvalue weighted by molar-refractivity contribution is 5.78. The Bertz CT molecular complexity index is 194. The van der Waals surface area contributed by atoms with Gasteiger partial charge in [0.15, 0.2) is 0 Å². The molecule has 0 aromatic rings. The summed E-state index contributed by atoms with van der Waals surface area (Å²) >= 11 is 0. The van der Waals surface area contributed by atoms with Crippen molar-refractivity contribution >= 4 is 5.91 Å². The molecule has 1 aliphatic rings. The van der Waals surface area contributed by atoms with Crippen LogP contribution in [0, 0.1) is 0 Å². The Morgan fingerprint density at radius 2 is 2.54 bits per heavy atom. The van der Waals surface area contributed by atoms with Gasteiger partial charge in [0.2, 0.25) is 5.91 Å². The molecule has 1 aliphatic heterocycles. The zero-order valence-electron chi connectivity index (χ0n) is 7.70. The Morgan fingerprint density at radius 1 is 1.77 bits per heavy atom. The normalized spacial score (nSPS) is 23.0. The van der Waals surface area contributed by atoms with Crippen molar-refractivity contribution in [3.05, 3.63) is 12.7 Å². The second-order valence-corrected chi connectivity index (χ2v) is 3.27. The van der Waals surface area contributed by atoms with Gasteiger partial charge in [-0.1, -0.05) is 6.08 Å². The zero-order valence-corrected chi connectivity index (χ0v) is 7.70. The van der Waals surface area contributed by atoms with Gasteiger partial charge in [0, 0.05) is 19.6 Å². The van der Waals surface area contributed by atoms with Gasteiger partial charge in [0.05, 0.1) is 12.6 Å². The van der Waals surface area contributed by atoms with E-state index in [-0.39, 0.29) is 12.0 Å². The van der Waals surface area contributed by atoms with Crippen molar-refractivity contribution in [2.45, 2.75) is 12.5 Å². The monoisotopic (exact) mass is 184 g/mol. The molecule has 1 saturated heterocycles.